The molecule has 0 radical (unpaired) electrons. The van der Waals surface area contributed by atoms with Crippen molar-refractivity contribution in [2.45, 2.75) is 19.8 Å². The second-order valence-electron chi connectivity index (χ2n) is 5.51. The normalized spacial score (nSPS) is 15.7. The van der Waals surface area contributed by atoms with Crippen LogP contribution in [-0.4, -0.2) is 56.7 Å². The van der Waals surface area contributed by atoms with Gasteiger partial charge in [0.15, 0.2) is 0 Å². The molecule has 0 aromatic heterocycles. The van der Waals surface area contributed by atoms with Crippen LogP contribution in [0.2, 0.25) is 0 Å². The lowest BCUT2D eigenvalue weighted by atomic mass is 10.1. The summed E-state index contributed by atoms with van der Waals surface area (Å²) < 4.78 is 5.32. The van der Waals surface area contributed by atoms with Gasteiger partial charge in [0.05, 0.1) is 13.2 Å². The van der Waals surface area contributed by atoms with Crippen LogP contribution in [0.1, 0.15) is 18.9 Å². The number of hydrogen-bond donors (Lipinski definition) is 2. The molecule has 1 amide bonds. The van der Waals surface area contributed by atoms with E-state index in [-0.39, 0.29) is 5.91 Å². The number of amides is 1. The molecule has 1 fully saturated rings. The summed E-state index contributed by atoms with van der Waals surface area (Å²) in [5.74, 6) is 0.0692. The standard InChI is InChI=1S/C17H27N3O2/c1-2-15-5-3-4-6-16(15)19-17(21)7-8-18-9-10-20-11-13-22-14-12-20/h3-6,18H,2,7-14H2,1H3,(H,19,21). The lowest BCUT2D eigenvalue weighted by Gasteiger charge is -2.26. The SMILES string of the molecule is CCc1ccccc1NC(=O)CCNCCN1CCOCC1. The van der Waals surface area contributed by atoms with Gasteiger partial charge in [0.2, 0.25) is 5.91 Å². The molecule has 2 rings (SSSR count). The molecular weight excluding hydrogens is 278 g/mol. The number of ether oxygens (including phenoxy) is 1. The molecule has 0 spiro atoms. The van der Waals surface area contributed by atoms with Gasteiger partial charge in [0.1, 0.15) is 0 Å². The van der Waals surface area contributed by atoms with Crippen LogP contribution in [0.5, 0.6) is 0 Å². The van der Waals surface area contributed by atoms with Crippen LogP contribution in [0.15, 0.2) is 24.3 Å². The fourth-order valence-electron chi connectivity index (χ4n) is 2.55. The average Bonchev–Trinajstić information content (AvgIpc) is 2.56. The van der Waals surface area contributed by atoms with Crippen molar-refractivity contribution in [2.75, 3.05) is 51.3 Å². The van der Waals surface area contributed by atoms with Gasteiger partial charge >= 0.3 is 0 Å². The first-order valence-corrected chi connectivity index (χ1v) is 8.18. The van der Waals surface area contributed by atoms with Gasteiger partial charge in [-0.3, -0.25) is 9.69 Å². The zero-order valence-corrected chi connectivity index (χ0v) is 13.4. The van der Waals surface area contributed by atoms with Crippen LogP contribution in [0, 0.1) is 0 Å². The van der Waals surface area contributed by atoms with E-state index in [0.717, 1.165) is 51.5 Å². The van der Waals surface area contributed by atoms with E-state index in [0.29, 0.717) is 13.0 Å². The lowest BCUT2D eigenvalue weighted by Crippen LogP contribution is -2.40. The van der Waals surface area contributed by atoms with Gasteiger partial charge in [-0.1, -0.05) is 25.1 Å². The second-order valence-corrected chi connectivity index (χ2v) is 5.51. The predicted molar refractivity (Wildman–Crippen MR) is 89.2 cm³/mol. The van der Waals surface area contributed by atoms with E-state index in [1.54, 1.807) is 0 Å². The maximum atomic E-state index is 12.0. The van der Waals surface area contributed by atoms with Gasteiger partial charge in [-0.15, -0.1) is 0 Å². The van der Waals surface area contributed by atoms with E-state index in [4.69, 9.17) is 4.74 Å². The largest absolute Gasteiger partial charge is 0.379 e. The van der Waals surface area contributed by atoms with Gasteiger partial charge in [-0.05, 0) is 18.1 Å². The molecule has 122 valence electrons. The third-order valence-corrected chi connectivity index (χ3v) is 3.91. The van der Waals surface area contributed by atoms with E-state index in [1.807, 2.05) is 18.2 Å². The lowest BCUT2D eigenvalue weighted by molar-refractivity contribution is -0.116. The molecule has 22 heavy (non-hydrogen) atoms. The van der Waals surface area contributed by atoms with Crippen LogP contribution in [0.4, 0.5) is 5.69 Å². The molecule has 1 aliphatic rings. The zero-order chi connectivity index (χ0) is 15.6. The maximum absolute atomic E-state index is 12.0. The van der Waals surface area contributed by atoms with Gasteiger partial charge in [0.25, 0.3) is 0 Å². The summed E-state index contributed by atoms with van der Waals surface area (Å²) in [5, 5.41) is 6.33. The Labute approximate surface area is 133 Å². The fraction of sp³-hybridized carbons (Fsp3) is 0.588. The number of para-hydroxylation sites is 1. The minimum absolute atomic E-state index is 0.0692. The Morgan fingerprint density at radius 2 is 2.00 bits per heavy atom. The molecule has 1 aromatic rings. The summed E-state index contributed by atoms with van der Waals surface area (Å²) in [6.07, 6.45) is 1.43. The molecule has 1 saturated heterocycles. The Morgan fingerprint density at radius 3 is 2.77 bits per heavy atom. The minimum Gasteiger partial charge on any atom is -0.379 e. The number of benzene rings is 1. The summed E-state index contributed by atoms with van der Waals surface area (Å²) >= 11 is 0. The summed E-state index contributed by atoms with van der Waals surface area (Å²) in [6, 6.07) is 7.97. The van der Waals surface area contributed by atoms with Crippen LogP contribution < -0.4 is 10.6 Å². The van der Waals surface area contributed by atoms with Crippen molar-refractivity contribution in [3.8, 4) is 0 Å². The second kappa shape index (κ2) is 9.56. The first kappa shape index (κ1) is 16.9. The van der Waals surface area contributed by atoms with Gasteiger partial charge in [-0.25, -0.2) is 0 Å². The molecular formula is C17H27N3O2. The number of aryl methyl sites for hydroxylation is 1. The van der Waals surface area contributed by atoms with E-state index >= 15 is 0 Å². The van der Waals surface area contributed by atoms with Crippen molar-refractivity contribution >= 4 is 11.6 Å². The zero-order valence-electron chi connectivity index (χ0n) is 13.4. The van der Waals surface area contributed by atoms with E-state index in [1.165, 1.54) is 5.56 Å². The van der Waals surface area contributed by atoms with Crippen molar-refractivity contribution in [2.24, 2.45) is 0 Å². The molecule has 1 aromatic carbocycles. The van der Waals surface area contributed by atoms with E-state index in [2.05, 4.69) is 28.5 Å². The van der Waals surface area contributed by atoms with Crippen molar-refractivity contribution < 1.29 is 9.53 Å². The number of nitrogens with one attached hydrogen (secondary N) is 2. The summed E-state index contributed by atoms with van der Waals surface area (Å²) in [5.41, 5.74) is 2.11. The maximum Gasteiger partial charge on any atom is 0.225 e. The Bertz CT molecular complexity index is 459. The van der Waals surface area contributed by atoms with Gasteiger partial charge < -0.3 is 15.4 Å². The highest BCUT2D eigenvalue weighted by Crippen LogP contribution is 2.15. The average molecular weight is 305 g/mol. The number of morpholine rings is 1. The Kier molecular flexibility index (Phi) is 7.36. The fourth-order valence-corrected chi connectivity index (χ4v) is 2.55. The van der Waals surface area contributed by atoms with Crippen molar-refractivity contribution in [1.29, 1.82) is 0 Å². The quantitative estimate of drug-likeness (QED) is 0.715. The number of anilines is 1. The number of hydrogen-bond acceptors (Lipinski definition) is 4. The van der Waals surface area contributed by atoms with Crippen LogP contribution in [-0.2, 0) is 16.0 Å². The molecule has 5 nitrogen and oxygen atoms in total. The molecule has 0 unspecified atom stereocenters. The molecule has 2 N–H and O–H groups in total. The van der Waals surface area contributed by atoms with Crippen molar-refractivity contribution in [1.82, 2.24) is 10.2 Å². The minimum atomic E-state index is 0.0692. The Morgan fingerprint density at radius 1 is 1.23 bits per heavy atom. The van der Waals surface area contributed by atoms with Gasteiger partial charge in [-0.2, -0.15) is 0 Å². The molecule has 5 heteroatoms. The van der Waals surface area contributed by atoms with Crippen LogP contribution in [0.3, 0.4) is 0 Å². The van der Waals surface area contributed by atoms with Crippen molar-refractivity contribution in [3.05, 3.63) is 29.8 Å². The number of carbonyl (C=O) groups excluding carboxylic acids is 1. The third kappa shape index (κ3) is 5.75. The molecule has 0 atom stereocenters. The van der Waals surface area contributed by atoms with Crippen molar-refractivity contribution in [3.63, 3.8) is 0 Å². The number of nitrogens with zero attached hydrogens (tertiary/aromatic N) is 1. The molecule has 0 aliphatic carbocycles. The molecule has 0 bridgehead atoms. The predicted octanol–water partition coefficient (Wildman–Crippen LogP) is 1.50. The first-order chi connectivity index (χ1) is 10.8. The molecule has 1 heterocycles. The van der Waals surface area contributed by atoms with Crippen LogP contribution in [0.25, 0.3) is 0 Å². The topological polar surface area (TPSA) is 53.6 Å². The Hall–Kier alpha value is -1.43. The van der Waals surface area contributed by atoms with E-state index < -0.39 is 0 Å². The Balaban J connectivity index is 1.59. The summed E-state index contributed by atoms with van der Waals surface area (Å²) in [6.45, 7) is 8.43. The third-order valence-electron chi connectivity index (χ3n) is 3.91. The molecule has 0 saturated carbocycles. The summed E-state index contributed by atoms with van der Waals surface area (Å²) in [4.78, 5) is 14.4. The van der Waals surface area contributed by atoms with Crippen LogP contribution >= 0.6 is 0 Å². The monoisotopic (exact) mass is 305 g/mol. The number of rotatable bonds is 8. The highest BCUT2D eigenvalue weighted by atomic mass is 16.5. The highest BCUT2D eigenvalue weighted by Gasteiger charge is 2.09. The van der Waals surface area contributed by atoms with Gasteiger partial charge in [0, 0.05) is 44.8 Å². The highest BCUT2D eigenvalue weighted by molar-refractivity contribution is 5.91. The summed E-state index contributed by atoms with van der Waals surface area (Å²) in [7, 11) is 0. The smallest absolute Gasteiger partial charge is 0.225 e. The number of carbonyl (C=O) groups is 1. The first-order valence-electron chi connectivity index (χ1n) is 8.18. The van der Waals surface area contributed by atoms with E-state index in [9.17, 15) is 4.79 Å². The molecule has 1 aliphatic heterocycles.